The molecule has 0 saturated heterocycles. The topological polar surface area (TPSA) is 63.4 Å². The van der Waals surface area contributed by atoms with Gasteiger partial charge in [0.1, 0.15) is 0 Å². The molecule has 5 heteroatoms. The molecule has 0 saturated carbocycles. The summed E-state index contributed by atoms with van der Waals surface area (Å²) in [6.07, 6.45) is 3.16. The lowest BCUT2D eigenvalue weighted by Crippen LogP contribution is -2.39. The van der Waals surface area contributed by atoms with Gasteiger partial charge in [0, 0.05) is 13.6 Å². The molecule has 112 valence electrons. The minimum Gasteiger partial charge on any atom is -0.330 e. The van der Waals surface area contributed by atoms with Crippen LogP contribution in [0, 0.1) is 5.41 Å². The summed E-state index contributed by atoms with van der Waals surface area (Å²) in [4.78, 5) is 0.397. The Morgan fingerprint density at radius 3 is 2.55 bits per heavy atom. The van der Waals surface area contributed by atoms with Crippen molar-refractivity contribution in [3.05, 3.63) is 29.3 Å². The second-order valence-corrected chi connectivity index (χ2v) is 8.46. The minimum absolute atomic E-state index is 0.224. The molecule has 0 aromatic heterocycles. The molecule has 0 radical (unpaired) electrons. The molecular formula is C15H24N2O2S. The Morgan fingerprint density at radius 1 is 1.25 bits per heavy atom. The van der Waals surface area contributed by atoms with E-state index in [1.54, 1.807) is 13.1 Å². The van der Waals surface area contributed by atoms with Gasteiger partial charge in [-0.1, -0.05) is 19.9 Å². The largest absolute Gasteiger partial charge is 0.330 e. The molecule has 0 bridgehead atoms. The lowest BCUT2D eigenvalue weighted by atomic mass is 9.94. The van der Waals surface area contributed by atoms with Crippen LogP contribution in [0.2, 0.25) is 0 Å². The second kappa shape index (κ2) is 5.47. The SMILES string of the molecule is CN(CC(C)(C)CN)S(=O)(=O)c1ccc2c(c1)CCC2. The van der Waals surface area contributed by atoms with Crippen molar-refractivity contribution in [2.75, 3.05) is 20.1 Å². The molecular weight excluding hydrogens is 272 g/mol. The van der Waals surface area contributed by atoms with E-state index in [1.165, 1.54) is 15.4 Å². The van der Waals surface area contributed by atoms with E-state index in [2.05, 4.69) is 0 Å². The van der Waals surface area contributed by atoms with Gasteiger partial charge in [0.25, 0.3) is 0 Å². The van der Waals surface area contributed by atoms with Gasteiger partial charge in [0.05, 0.1) is 4.90 Å². The summed E-state index contributed by atoms with van der Waals surface area (Å²) in [5.74, 6) is 0. The fourth-order valence-corrected chi connectivity index (χ4v) is 4.05. The number of nitrogens with zero attached hydrogens (tertiary/aromatic N) is 1. The van der Waals surface area contributed by atoms with Gasteiger partial charge in [-0.3, -0.25) is 0 Å². The van der Waals surface area contributed by atoms with Crippen molar-refractivity contribution < 1.29 is 8.42 Å². The first-order valence-electron chi connectivity index (χ1n) is 7.04. The van der Waals surface area contributed by atoms with Gasteiger partial charge < -0.3 is 5.73 Å². The van der Waals surface area contributed by atoms with Gasteiger partial charge >= 0.3 is 0 Å². The predicted octanol–water partition coefficient (Wildman–Crippen LogP) is 1.78. The highest BCUT2D eigenvalue weighted by molar-refractivity contribution is 7.89. The third-order valence-corrected chi connectivity index (χ3v) is 5.78. The van der Waals surface area contributed by atoms with E-state index in [1.807, 2.05) is 26.0 Å². The monoisotopic (exact) mass is 296 g/mol. The van der Waals surface area contributed by atoms with Crippen LogP contribution >= 0.6 is 0 Å². The lowest BCUT2D eigenvalue weighted by molar-refractivity contribution is 0.292. The maximum absolute atomic E-state index is 12.6. The molecule has 0 amide bonds. The molecule has 20 heavy (non-hydrogen) atoms. The van der Waals surface area contributed by atoms with Gasteiger partial charge in [-0.2, -0.15) is 0 Å². The molecule has 0 atom stereocenters. The third-order valence-electron chi connectivity index (χ3n) is 3.98. The molecule has 0 aliphatic heterocycles. The Morgan fingerprint density at radius 2 is 1.90 bits per heavy atom. The van der Waals surface area contributed by atoms with Gasteiger partial charge in [0.2, 0.25) is 10.0 Å². The fourth-order valence-electron chi connectivity index (χ4n) is 2.64. The smallest absolute Gasteiger partial charge is 0.242 e. The number of hydrogen-bond donors (Lipinski definition) is 1. The number of nitrogens with two attached hydrogens (primary N) is 1. The van der Waals surface area contributed by atoms with Crippen LogP contribution < -0.4 is 5.73 Å². The van der Waals surface area contributed by atoms with Crippen LogP contribution in [0.5, 0.6) is 0 Å². The maximum Gasteiger partial charge on any atom is 0.242 e. The van der Waals surface area contributed by atoms with Crippen LogP contribution in [0.15, 0.2) is 23.1 Å². The van der Waals surface area contributed by atoms with Gasteiger partial charge in [-0.15, -0.1) is 0 Å². The molecule has 1 aliphatic carbocycles. The highest BCUT2D eigenvalue weighted by atomic mass is 32.2. The van der Waals surface area contributed by atoms with Crippen molar-refractivity contribution >= 4 is 10.0 Å². The van der Waals surface area contributed by atoms with E-state index in [9.17, 15) is 8.42 Å². The molecule has 0 heterocycles. The standard InChI is InChI=1S/C15H24N2O2S/c1-15(2,10-16)11-17(3)20(18,19)14-8-7-12-5-4-6-13(12)9-14/h7-9H,4-6,10-11,16H2,1-3H3. The number of sulfonamides is 1. The van der Waals surface area contributed by atoms with Crippen molar-refractivity contribution in [2.45, 2.75) is 38.0 Å². The van der Waals surface area contributed by atoms with Crippen LogP contribution in [0.3, 0.4) is 0 Å². The minimum atomic E-state index is -3.43. The van der Waals surface area contributed by atoms with Crippen molar-refractivity contribution in [1.82, 2.24) is 4.31 Å². The number of aryl methyl sites for hydroxylation is 2. The lowest BCUT2D eigenvalue weighted by Gasteiger charge is -2.28. The highest BCUT2D eigenvalue weighted by Crippen LogP contribution is 2.27. The summed E-state index contributed by atoms with van der Waals surface area (Å²) in [7, 11) is -1.80. The number of hydrogen-bond acceptors (Lipinski definition) is 3. The van der Waals surface area contributed by atoms with Crippen LogP contribution in [0.4, 0.5) is 0 Å². The molecule has 0 spiro atoms. The zero-order valence-corrected chi connectivity index (χ0v) is 13.3. The quantitative estimate of drug-likeness (QED) is 0.901. The Bertz CT molecular complexity index is 594. The Balaban J connectivity index is 2.26. The van der Waals surface area contributed by atoms with E-state index in [0.29, 0.717) is 18.0 Å². The molecule has 0 fully saturated rings. The average Bonchev–Trinajstić information content (AvgIpc) is 2.85. The molecule has 2 N–H and O–H groups in total. The zero-order chi connectivity index (χ0) is 15.0. The summed E-state index contributed by atoms with van der Waals surface area (Å²) >= 11 is 0. The van der Waals surface area contributed by atoms with E-state index in [4.69, 9.17) is 5.73 Å². The van der Waals surface area contributed by atoms with Crippen molar-refractivity contribution in [2.24, 2.45) is 11.1 Å². The van der Waals surface area contributed by atoms with Gasteiger partial charge in [-0.05, 0) is 54.5 Å². The molecule has 2 rings (SSSR count). The number of benzene rings is 1. The Labute approximate surface area is 122 Å². The van der Waals surface area contributed by atoms with Crippen LogP contribution in [-0.4, -0.2) is 32.9 Å². The Kier molecular flexibility index (Phi) is 4.23. The maximum atomic E-state index is 12.6. The summed E-state index contributed by atoms with van der Waals surface area (Å²) in [5, 5.41) is 0. The first-order chi connectivity index (χ1) is 9.26. The fraction of sp³-hybridized carbons (Fsp3) is 0.600. The van der Waals surface area contributed by atoms with E-state index >= 15 is 0 Å². The van der Waals surface area contributed by atoms with E-state index < -0.39 is 10.0 Å². The summed E-state index contributed by atoms with van der Waals surface area (Å²) in [5.41, 5.74) is 7.93. The zero-order valence-electron chi connectivity index (χ0n) is 12.5. The highest BCUT2D eigenvalue weighted by Gasteiger charge is 2.28. The summed E-state index contributed by atoms with van der Waals surface area (Å²) in [6, 6.07) is 5.52. The first-order valence-corrected chi connectivity index (χ1v) is 8.48. The number of rotatable bonds is 5. The molecule has 4 nitrogen and oxygen atoms in total. The predicted molar refractivity (Wildman–Crippen MR) is 81.1 cm³/mol. The second-order valence-electron chi connectivity index (χ2n) is 6.41. The van der Waals surface area contributed by atoms with Crippen LogP contribution in [0.1, 0.15) is 31.4 Å². The summed E-state index contributed by atoms with van der Waals surface area (Å²) in [6.45, 7) is 4.82. The average molecular weight is 296 g/mol. The van der Waals surface area contributed by atoms with Crippen LogP contribution in [0.25, 0.3) is 0 Å². The molecule has 0 unspecified atom stereocenters. The Hall–Kier alpha value is -0.910. The normalized spacial score (nSPS) is 15.7. The van der Waals surface area contributed by atoms with E-state index in [0.717, 1.165) is 19.3 Å². The third kappa shape index (κ3) is 3.05. The molecule has 1 aliphatic rings. The van der Waals surface area contributed by atoms with Crippen molar-refractivity contribution in [3.8, 4) is 0 Å². The molecule has 1 aromatic carbocycles. The molecule has 1 aromatic rings. The number of fused-ring (bicyclic) bond motifs is 1. The van der Waals surface area contributed by atoms with Gasteiger partial charge in [-0.25, -0.2) is 12.7 Å². The first kappa shape index (κ1) is 15.5. The van der Waals surface area contributed by atoms with Gasteiger partial charge in [0.15, 0.2) is 0 Å². The van der Waals surface area contributed by atoms with Crippen LogP contribution in [-0.2, 0) is 22.9 Å². The van der Waals surface area contributed by atoms with Crippen molar-refractivity contribution in [1.29, 1.82) is 0 Å². The van der Waals surface area contributed by atoms with Crippen molar-refractivity contribution in [3.63, 3.8) is 0 Å². The van der Waals surface area contributed by atoms with E-state index in [-0.39, 0.29) is 5.41 Å². The summed E-state index contributed by atoms with van der Waals surface area (Å²) < 4.78 is 26.6.